The van der Waals surface area contributed by atoms with Crippen LogP contribution in [0, 0.1) is 17.8 Å². The molecule has 2 rings (SSSR count). The number of ketones is 1. The third-order valence-corrected chi connectivity index (χ3v) is 4.96. The summed E-state index contributed by atoms with van der Waals surface area (Å²) in [7, 11) is 0. The van der Waals surface area contributed by atoms with Crippen molar-refractivity contribution in [3.8, 4) is 17.2 Å². The van der Waals surface area contributed by atoms with Crippen molar-refractivity contribution in [3.05, 3.63) is 59.2 Å². The summed E-state index contributed by atoms with van der Waals surface area (Å²) in [5.74, 6) is 0.459. The normalized spacial score (nSPS) is 11.9. The van der Waals surface area contributed by atoms with E-state index in [2.05, 4.69) is 0 Å². The van der Waals surface area contributed by atoms with Gasteiger partial charge in [-0.25, -0.2) is 0 Å². The maximum atomic E-state index is 12.7. The molecule has 2 aromatic carbocycles. The van der Waals surface area contributed by atoms with E-state index in [1.165, 1.54) is 6.08 Å². The third-order valence-electron chi connectivity index (χ3n) is 4.96. The van der Waals surface area contributed by atoms with Crippen LogP contribution in [0.1, 0.15) is 76.4 Å². The zero-order chi connectivity index (χ0) is 26.4. The molecule has 0 aliphatic carbocycles. The van der Waals surface area contributed by atoms with Gasteiger partial charge in [0, 0.05) is 17.2 Å². The molecule has 0 aromatic heterocycles. The van der Waals surface area contributed by atoms with Crippen LogP contribution < -0.4 is 14.2 Å². The molecule has 0 bridgehead atoms. The van der Waals surface area contributed by atoms with Crippen molar-refractivity contribution >= 4 is 23.8 Å². The van der Waals surface area contributed by atoms with Crippen LogP contribution in [0.4, 0.5) is 0 Å². The van der Waals surface area contributed by atoms with E-state index in [4.69, 9.17) is 14.2 Å². The largest absolute Gasteiger partial charge is 0.493 e. The molecule has 0 N–H and O–H groups in total. The number of carbonyl (C=O) groups is 3. The fourth-order valence-electron chi connectivity index (χ4n) is 2.73. The molecular weight excluding hydrogens is 444 g/mol. The monoisotopic (exact) mass is 480 g/mol. The molecule has 0 fully saturated rings. The Morgan fingerprint density at radius 2 is 1.40 bits per heavy atom. The summed E-state index contributed by atoms with van der Waals surface area (Å²) in [6, 6.07) is 9.96. The van der Waals surface area contributed by atoms with Gasteiger partial charge in [-0.2, -0.15) is 0 Å². The molecule has 0 aliphatic rings. The van der Waals surface area contributed by atoms with Gasteiger partial charge in [-0.3, -0.25) is 14.4 Å². The molecule has 0 aliphatic heterocycles. The molecule has 0 unspecified atom stereocenters. The number of aryl methyl sites for hydroxylation is 1. The Hall–Kier alpha value is -3.41. The van der Waals surface area contributed by atoms with E-state index in [0.29, 0.717) is 35.0 Å². The smallest absolute Gasteiger partial charge is 0.316 e. The third kappa shape index (κ3) is 8.09. The molecule has 0 saturated heterocycles. The highest BCUT2D eigenvalue weighted by atomic mass is 16.5. The summed E-state index contributed by atoms with van der Waals surface area (Å²) in [4.78, 5) is 37.1. The molecule has 0 amide bonds. The van der Waals surface area contributed by atoms with Gasteiger partial charge in [-0.1, -0.05) is 6.92 Å². The van der Waals surface area contributed by atoms with Crippen molar-refractivity contribution < 1.29 is 28.6 Å². The van der Waals surface area contributed by atoms with Crippen LogP contribution in [0.15, 0.2) is 42.5 Å². The predicted molar refractivity (Wildman–Crippen MR) is 137 cm³/mol. The van der Waals surface area contributed by atoms with Crippen molar-refractivity contribution in [3.63, 3.8) is 0 Å². The van der Waals surface area contributed by atoms with E-state index in [1.807, 2.05) is 19.9 Å². The van der Waals surface area contributed by atoms with E-state index < -0.39 is 10.8 Å². The lowest BCUT2D eigenvalue weighted by molar-refractivity contribution is -0.143. The maximum Gasteiger partial charge on any atom is 0.316 e. The second kappa shape index (κ2) is 11.3. The number of hydrogen-bond acceptors (Lipinski definition) is 6. The molecule has 35 heavy (non-hydrogen) atoms. The zero-order valence-corrected chi connectivity index (χ0v) is 22.0. The van der Waals surface area contributed by atoms with Gasteiger partial charge in [0.2, 0.25) is 0 Å². The Labute approximate surface area is 208 Å². The minimum absolute atomic E-state index is 0.207. The molecule has 188 valence electrons. The van der Waals surface area contributed by atoms with Crippen LogP contribution >= 0.6 is 0 Å². The Morgan fingerprint density at radius 1 is 0.829 bits per heavy atom. The predicted octanol–water partition coefficient (Wildman–Crippen LogP) is 6.58. The molecule has 0 heterocycles. The average Bonchev–Trinajstić information content (AvgIpc) is 2.77. The van der Waals surface area contributed by atoms with Crippen LogP contribution in [-0.2, 0) is 9.59 Å². The van der Waals surface area contributed by atoms with Crippen molar-refractivity contribution in [2.24, 2.45) is 10.8 Å². The van der Waals surface area contributed by atoms with Crippen LogP contribution in [0.3, 0.4) is 0 Å². The molecule has 2 aromatic rings. The van der Waals surface area contributed by atoms with Gasteiger partial charge in [0.25, 0.3) is 0 Å². The maximum absolute atomic E-state index is 12.7. The van der Waals surface area contributed by atoms with E-state index in [0.717, 1.165) is 12.0 Å². The number of esters is 2. The number of carbonyl (C=O) groups excluding carboxylic acids is 3. The summed E-state index contributed by atoms with van der Waals surface area (Å²) in [6.07, 6.45) is 3.95. The molecule has 0 atom stereocenters. The quantitative estimate of drug-likeness (QED) is 0.184. The first kappa shape index (κ1) is 27.8. The Balaban J connectivity index is 2.24. The second-order valence-electron chi connectivity index (χ2n) is 10.5. The van der Waals surface area contributed by atoms with Crippen LogP contribution in [0.25, 0.3) is 6.08 Å². The van der Waals surface area contributed by atoms with Crippen molar-refractivity contribution in [1.29, 1.82) is 0 Å². The topological polar surface area (TPSA) is 78.9 Å². The molecule has 6 nitrogen and oxygen atoms in total. The number of benzene rings is 2. The first-order chi connectivity index (χ1) is 16.2. The Kier molecular flexibility index (Phi) is 9.02. The van der Waals surface area contributed by atoms with Crippen molar-refractivity contribution in [2.45, 2.75) is 61.8 Å². The lowest BCUT2D eigenvalue weighted by atomic mass is 9.97. The standard InChI is InChI=1S/C29H36O6/c1-9-16-33-25-18-24(35-27(32)29(6,7)8)19(2)17-21(25)12-15-23(30)20-10-13-22(14-11-20)34-26(31)28(3,4)5/h10-15,17-18H,9,16H2,1-8H3. The van der Waals surface area contributed by atoms with Crippen LogP contribution in [0.5, 0.6) is 17.2 Å². The summed E-state index contributed by atoms with van der Waals surface area (Å²) in [6.45, 7) is 15.0. The fourth-order valence-corrected chi connectivity index (χ4v) is 2.73. The highest BCUT2D eigenvalue weighted by Gasteiger charge is 2.25. The van der Waals surface area contributed by atoms with Gasteiger partial charge in [-0.05, 0) is 103 Å². The molecular formula is C29H36O6. The van der Waals surface area contributed by atoms with E-state index >= 15 is 0 Å². The van der Waals surface area contributed by atoms with Gasteiger partial charge >= 0.3 is 11.9 Å². The zero-order valence-electron chi connectivity index (χ0n) is 22.0. The lowest BCUT2D eigenvalue weighted by Gasteiger charge is -2.19. The van der Waals surface area contributed by atoms with E-state index in [9.17, 15) is 14.4 Å². The highest BCUT2D eigenvalue weighted by Crippen LogP contribution is 2.32. The van der Waals surface area contributed by atoms with Crippen molar-refractivity contribution in [1.82, 2.24) is 0 Å². The summed E-state index contributed by atoms with van der Waals surface area (Å²) in [5, 5.41) is 0. The Morgan fingerprint density at radius 3 is 1.94 bits per heavy atom. The average molecular weight is 481 g/mol. The number of allylic oxidation sites excluding steroid dienone is 1. The Bertz CT molecular complexity index is 1100. The van der Waals surface area contributed by atoms with Gasteiger partial charge in [0.15, 0.2) is 5.78 Å². The van der Waals surface area contributed by atoms with Gasteiger partial charge < -0.3 is 14.2 Å². The summed E-state index contributed by atoms with van der Waals surface area (Å²) < 4.78 is 16.8. The molecule has 6 heteroatoms. The van der Waals surface area contributed by atoms with Gasteiger partial charge in [-0.15, -0.1) is 0 Å². The van der Waals surface area contributed by atoms with Crippen LogP contribution in [0.2, 0.25) is 0 Å². The summed E-state index contributed by atoms with van der Waals surface area (Å²) in [5.41, 5.74) is 0.662. The molecule has 0 spiro atoms. The SMILES string of the molecule is CCCOc1cc(OC(=O)C(C)(C)C)c(C)cc1C=CC(=O)c1ccc(OC(=O)C(C)(C)C)cc1. The first-order valence-electron chi connectivity index (χ1n) is 11.8. The number of rotatable bonds is 8. The number of hydrogen-bond donors (Lipinski definition) is 0. The minimum atomic E-state index is -0.636. The fraction of sp³-hybridized carbons (Fsp3) is 0.414. The first-order valence-corrected chi connectivity index (χ1v) is 11.8. The van der Waals surface area contributed by atoms with E-state index in [-0.39, 0.29) is 17.7 Å². The van der Waals surface area contributed by atoms with Crippen LogP contribution in [-0.4, -0.2) is 24.3 Å². The number of ether oxygens (including phenoxy) is 3. The van der Waals surface area contributed by atoms with Crippen molar-refractivity contribution in [2.75, 3.05) is 6.61 Å². The minimum Gasteiger partial charge on any atom is -0.493 e. The lowest BCUT2D eigenvalue weighted by Crippen LogP contribution is -2.25. The van der Waals surface area contributed by atoms with Gasteiger partial charge in [0.1, 0.15) is 17.2 Å². The van der Waals surface area contributed by atoms with Gasteiger partial charge in [0.05, 0.1) is 17.4 Å². The highest BCUT2D eigenvalue weighted by molar-refractivity contribution is 6.07. The van der Waals surface area contributed by atoms with E-state index in [1.54, 1.807) is 78.0 Å². The molecule has 0 radical (unpaired) electrons. The second-order valence-corrected chi connectivity index (χ2v) is 10.5. The molecule has 0 saturated carbocycles. The summed E-state index contributed by atoms with van der Waals surface area (Å²) >= 11 is 0.